The van der Waals surface area contributed by atoms with E-state index in [4.69, 9.17) is 14.2 Å². The number of carboxylic acids is 1. The van der Waals surface area contributed by atoms with Gasteiger partial charge in [-0.1, -0.05) is 57.1 Å². The molecule has 0 saturated heterocycles. The number of carbonyl (C=O) groups is 2. The second kappa shape index (κ2) is 14.7. The molecule has 0 heterocycles. The first-order valence-electron chi connectivity index (χ1n) is 11.9. The molecule has 0 bridgehead atoms. The summed E-state index contributed by atoms with van der Waals surface area (Å²) in [4.78, 5) is 25.0. The van der Waals surface area contributed by atoms with Gasteiger partial charge in [-0.2, -0.15) is 0 Å². The molecule has 0 spiro atoms. The van der Waals surface area contributed by atoms with E-state index in [9.17, 15) is 14.7 Å². The number of hydrogen-bond donors (Lipinski definition) is 1. The molecule has 1 atom stereocenters. The number of nitrogens with zero attached hydrogens (tertiary/aromatic N) is 1. The first-order chi connectivity index (χ1) is 15.5. The molecule has 0 radical (unpaired) electrons. The fourth-order valence-corrected chi connectivity index (χ4v) is 4.26. The zero-order valence-corrected chi connectivity index (χ0v) is 19.6. The molecule has 0 aromatic heterocycles. The summed E-state index contributed by atoms with van der Waals surface area (Å²) in [7, 11) is 1.41. The normalized spacial score (nSPS) is 15.2. The van der Waals surface area contributed by atoms with Crippen molar-refractivity contribution in [1.29, 1.82) is 0 Å². The molecule has 1 aliphatic carbocycles. The second-order valence-corrected chi connectivity index (χ2v) is 8.44. The number of ether oxygens (including phenoxy) is 3. The van der Waals surface area contributed by atoms with Gasteiger partial charge in [0.1, 0.15) is 12.4 Å². The molecule has 7 nitrogen and oxygen atoms in total. The fraction of sp³-hybridized carbons (Fsp3) is 0.680. The Labute approximate surface area is 192 Å². The predicted octanol–water partition coefficient (Wildman–Crippen LogP) is 4.92. The van der Waals surface area contributed by atoms with Gasteiger partial charge >= 0.3 is 12.1 Å². The molecule has 1 aliphatic rings. The third-order valence-corrected chi connectivity index (χ3v) is 6.07. The molecule has 0 aliphatic heterocycles. The lowest BCUT2D eigenvalue weighted by Gasteiger charge is -2.23. The SMILES string of the molecule is CCOC(Cc1ccc(OCCN(CCCCC2CCCCC2)C(=O)OC)cc1)C(=O)O. The van der Waals surface area contributed by atoms with Crippen LogP contribution in [0.15, 0.2) is 24.3 Å². The average molecular weight is 450 g/mol. The molecule has 1 amide bonds. The molecular weight excluding hydrogens is 410 g/mol. The summed E-state index contributed by atoms with van der Waals surface area (Å²) in [5.74, 6) is 0.578. The zero-order valence-electron chi connectivity index (χ0n) is 19.6. The van der Waals surface area contributed by atoms with Crippen LogP contribution in [0.3, 0.4) is 0 Å². The summed E-state index contributed by atoms with van der Waals surface area (Å²) in [6.45, 7) is 3.64. The third-order valence-electron chi connectivity index (χ3n) is 6.07. The van der Waals surface area contributed by atoms with E-state index < -0.39 is 12.1 Å². The van der Waals surface area contributed by atoms with Crippen molar-refractivity contribution in [3.63, 3.8) is 0 Å². The van der Waals surface area contributed by atoms with Crippen molar-refractivity contribution in [1.82, 2.24) is 4.90 Å². The highest BCUT2D eigenvalue weighted by atomic mass is 16.5. The smallest absolute Gasteiger partial charge is 0.409 e. The molecule has 1 aromatic carbocycles. The van der Waals surface area contributed by atoms with Crippen molar-refractivity contribution >= 4 is 12.1 Å². The van der Waals surface area contributed by atoms with Crippen LogP contribution < -0.4 is 4.74 Å². The van der Waals surface area contributed by atoms with E-state index in [0.717, 1.165) is 24.3 Å². The predicted molar refractivity (Wildman–Crippen MR) is 123 cm³/mol. The summed E-state index contributed by atoms with van der Waals surface area (Å²) in [6.07, 6.45) is 9.33. The Morgan fingerprint density at radius 3 is 2.44 bits per heavy atom. The van der Waals surface area contributed by atoms with Gasteiger partial charge in [0.25, 0.3) is 0 Å². The molecule has 1 N–H and O–H groups in total. The number of hydrogen-bond acceptors (Lipinski definition) is 5. The van der Waals surface area contributed by atoms with Gasteiger partial charge < -0.3 is 24.2 Å². The topological polar surface area (TPSA) is 85.3 Å². The highest BCUT2D eigenvalue weighted by Crippen LogP contribution is 2.27. The molecule has 1 aromatic rings. The summed E-state index contributed by atoms with van der Waals surface area (Å²) in [6, 6.07) is 7.31. The van der Waals surface area contributed by atoms with E-state index in [1.807, 2.05) is 24.3 Å². The Morgan fingerprint density at radius 2 is 1.81 bits per heavy atom. The van der Waals surface area contributed by atoms with Crippen molar-refractivity contribution < 1.29 is 28.9 Å². The third kappa shape index (κ3) is 9.47. The Balaban J connectivity index is 1.72. The van der Waals surface area contributed by atoms with Crippen molar-refractivity contribution in [3.8, 4) is 5.75 Å². The molecule has 1 fully saturated rings. The number of amides is 1. The molecule has 2 rings (SSSR count). The van der Waals surface area contributed by atoms with Crippen LogP contribution in [0.25, 0.3) is 0 Å². The minimum atomic E-state index is -0.964. The van der Waals surface area contributed by atoms with Gasteiger partial charge in [-0.25, -0.2) is 9.59 Å². The van der Waals surface area contributed by atoms with E-state index in [2.05, 4.69) is 0 Å². The molecular formula is C25H39NO6. The van der Waals surface area contributed by atoms with Crippen LogP contribution in [0.5, 0.6) is 5.75 Å². The maximum absolute atomic E-state index is 12.1. The first kappa shape index (κ1) is 26.0. The number of methoxy groups -OCH3 is 1. The van der Waals surface area contributed by atoms with Gasteiger partial charge in [-0.05, 0) is 37.0 Å². The standard InChI is InChI=1S/C25H39NO6/c1-3-31-23(24(27)28)19-21-12-14-22(15-13-21)32-18-17-26(25(29)30-2)16-8-7-11-20-9-5-4-6-10-20/h12-15,20,23H,3-11,16-19H2,1-2H3,(H,27,28). The van der Waals surface area contributed by atoms with Crippen LogP contribution in [0, 0.1) is 5.92 Å². The summed E-state index contributed by atoms with van der Waals surface area (Å²) >= 11 is 0. The van der Waals surface area contributed by atoms with Crippen LogP contribution >= 0.6 is 0 Å². The lowest BCUT2D eigenvalue weighted by molar-refractivity contribution is -0.149. The summed E-state index contributed by atoms with van der Waals surface area (Å²) < 4.78 is 16.0. The zero-order chi connectivity index (χ0) is 23.2. The Morgan fingerprint density at radius 1 is 1.09 bits per heavy atom. The number of carbonyl (C=O) groups excluding carboxylic acids is 1. The van der Waals surface area contributed by atoms with Gasteiger partial charge in [-0.15, -0.1) is 0 Å². The minimum absolute atomic E-state index is 0.306. The number of unbranched alkanes of at least 4 members (excludes halogenated alkanes) is 1. The van der Waals surface area contributed by atoms with Crippen LogP contribution in [-0.2, 0) is 20.7 Å². The van der Waals surface area contributed by atoms with E-state index in [-0.39, 0.29) is 6.09 Å². The lowest BCUT2D eigenvalue weighted by Crippen LogP contribution is -2.35. The number of aliphatic carboxylic acids is 1. The van der Waals surface area contributed by atoms with Crippen LogP contribution in [0.2, 0.25) is 0 Å². The van der Waals surface area contributed by atoms with Crippen LogP contribution in [-0.4, -0.2) is 61.6 Å². The largest absolute Gasteiger partial charge is 0.492 e. The van der Waals surface area contributed by atoms with Crippen molar-refractivity contribution in [3.05, 3.63) is 29.8 Å². The summed E-state index contributed by atoms with van der Waals surface area (Å²) in [5, 5.41) is 9.21. The van der Waals surface area contributed by atoms with E-state index in [1.54, 1.807) is 11.8 Å². The molecule has 180 valence electrons. The number of carboxylic acid groups (broad SMARTS) is 1. The van der Waals surface area contributed by atoms with Crippen LogP contribution in [0.4, 0.5) is 4.79 Å². The van der Waals surface area contributed by atoms with Gasteiger partial charge in [0, 0.05) is 19.6 Å². The second-order valence-electron chi connectivity index (χ2n) is 8.44. The van der Waals surface area contributed by atoms with Crippen molar-refractivity contribution in [2.24, 2.45) is 5.92 Å². The average Bonchev–Trinajstić information content (AvgIpc) is 2.81. The van der Waals surface area contributed by atoms with Crippen molar-refractivity contribution in [2.75, 3.05) is 33.4 Å². The quantitative estimate of drug-likeness (QED) is 0.406. The van der Waals surface area contributed by atoms with Crippen LogP contribution in [0.1, 0.15) is 63.9 Å². The number of benzene rings is 1. The Bertz CT molecular complexity index is 672. The molecule has 32 heavy (non-hydrogen) atoms. The maximum atomic E-state index is 12.1. The highest BCUT2D eigenvalue weighted by molar-refractivity contribution is 5.72. The van der Waals surface area contributed by atoms with Gasteiger partial charge in [0.15, 0.2) is 6.10 Å². The Hall–Kier alpha value is -2.28. The molecule has 1 unspecified atom stereocenters. The minimum Gasteiger partial charge on any atom is -0.492 e. The molecule has 7 heteroatoms. The lowest BCUT2D eigenvalue weighted by atomic mass is 9.86. The van der Waals surface area contributed by atoms with Gasteiger partial charge in [0.2, 0.25) is 0 Å². The first-order valence-corrected chi connectivity index (χ1v) is 11.9. The Kier molecular flexibility index (Phi) is 11.9. The molecule has 1 saturated carbocycles. The monoisotopic (exact) mass is 449 g/mol. The van der Waals surface area contributed by atoms with E-state index >= 15 is 0 Å². The summed E-state index contributed by atoms with van der Waals surface area (Å²) in [5.41, 5.74) is 0.868. The van der Waals surface area contributed by atoms with Crippen molar-refractivity contribution in [2.45, 2.75) is 70.8 Å². The number of rotatable bonds is 14. The van der Waals surface area contributed by atoms with Gasteiger partial charge in [-0.3, -0.25) is 0 Å². The fourth-order valence-electron chi connectivity index (χ4n) is 4.26. The highest BCUT2D eigenvalue weighted by Gasteiger charge is 2.18. The van der Waals surface area contributed by atoms with Gasteiger partial charge in [0.05, 0.1) is 13.7 Å². The van der Waals surface area contributed by atoms with E-state index in [1.165, 1.54) is 45.6 Å². The maximum Gasteiger partial charge on any atom is 0.409 e. The van der Waals surface area contributed by atoms with E-state index in [0.29, 0.717) is 38.5 Å².